The van der Waals surface area contributed by atoms with Gasteiger partial charge in [0.2, 0.25) is 0 Å². The number of furan rings is 1. The average molecular weight is 313 g/mol. The molecule has 3 rings (SSSR count). The van der Waals surface area contributed by atoms with Crippen LogP contribution in [0.25, 0.3) is 0 Å². The summed E-state index contributed by atoms with van der Waals surface area (Å²) >= 11 is 0. The molecule has 1 N–H and O–H groups in total. The van der Waals surface area contributed by atoms with Crippen molar-refractivity contribution in [1.82, 2.24) is 10.2 Å². The number of benzene rings is 1. The molecule has 0 atom stereocenters. The summed E-state index contributed by atoms with van der Waals surface area (Å²) in [5.74, 6) is -0.377. The first kappa shape index (κ1) is 15.1. The zero-order chi connectivity index (χ0) is 16.2. The maximum atomic E-state index is 12.1. The van der Waals surface area contributed by atoms with Gasteiger partial charge in [-0.3, -0.25) is 10.1 Å². The van der Waals surface area contributed by atoms with E-state index in [1.807, 2.05) is 6.07 Å². The molecule has 3 amide bonds. The molecule has 6 heteroatoms. The van der Waals surface area contributed by atoms with Crippen molar-refractivity contribution < 1.29 is 14.0 Å². The van der Waals surface area contributed by atoms with E-state index in [4.69, 9.17) is 4.42 Å². The molecule has 0 spiro atoms. The molecule has 0 aliphatic carbocycles. The third kappa shape index (κ3) is 3.53. The minimum Gasteiger partial charge on any atom is -0.459 e. The van der Waals surface area contributed by atoms with Gasteiger partial charge in [0.05, 0.1) is 6.26 Å². The van der Waals surface area contributed by atoms with Crippen LogP contribution in [0.5, 0.6) is 0 Å². The molecule has 0 bridgehead atoms. The van der Waals surface area contributed by atoms with E-state index in [0.29, 0.717) is 13.1 Å². The first-order valence-corrected chi connectivity index (χ1v) is 7.59. The van der Waals surface area contributed by atoms with Crippen LogP contribution in [-0.2, 0) is 0 Å². The van der Waals surface area contributed by atoms with Crippen LogP contribution in [0, 0.1) is 6.92 Å². The van der Waals surface area contributed by atoms with Crippen LogP contribution in [0.1, 0.15) is 16.1 Å². The van der Waals surface area contributed by atoms with Gasteiger partial charge in [-0.25, -0.2) is 4.79 Å². The monoisotopic (exact) mass is 313 g/mol. The summed E-state index contributed by atoms with van der Waals surface area (Å²) in [5, 5.41) is 2.35. The van der Waals surface area contributed by atoms with Gasteiger partial charge in [-0.15, -0.1) is 0 Å². The number of imide groups is 1. The van der Waals surface area contributed by atoms with Crippen LogP contribution in [0.3, 0.4) is 0 Å². The molecular formula is C17H19N3O3. The van der Waals surface area contributed by atoms with Gasteiger partial charge >= 0.3 is 6.03 Å². The molecule has 6 nitrogen and oxygen atoms in total. The Morgan fingerprint density at radius 1 is 1.09 bits per heavy atom. The SMILES string of the molecule is Cc1cccc(N2CCN(C(=O)NC(=O)c3ccco3)CC2)c1. The zero-order valence-corrected chi connectivity index (χ0v) is 13.0. The number of anilines is 1. The lowest BCUT2D eigenvalue weighted by Crippen LogP contribution is -2.52. The summed E-state index contributed by atoms with van der Waals surface area (Å²) in [4.78, 5) is 27.8. The van der Waals surface area contributed by atoms with Gasteiger partial charge in [0.1, 0.15) is 0 Å². The summed E-state index contributed by atoms with van der Waals surface area (Å²) in [6.45, 7) is 4.70. The van der Waals surface area contributed by atoms with E-state index in [0.717, 1.165) is 18.8 Å². The summed E-state index contributed by atoms with van der Waals surface area (Å²) in [7, 11) is 0. The summed E-state index contributed by atoms with van der Waals surface area (Å²) < 4.78 is 4.98. The maximum Gasteiger partial charge on any atom is 0.324 e. The predicted octanol–water partition coefficient (Wildman–Crippen LogP) is 2.26. The van der Waals surface area contributed by atoms with Crippen molar-refractivity contribution in [1.29, 1.82) is 0 Å². The number of urea groups is 1. The molecule has 1 aromatic heterocycles. The molecule has 0 radical (unpaired) electrons. The molecule has 1 aromatic carbocycles. The van der Waals surface area contributed by atoms with Crippen LogP contribution >= 0.6 is 0 Å². The molecule has 23 heavy (non-hydrogen) atoms. The smallest absolute Gasteiger partial charge is 0.324 e. The molecule has 0 saturated carbocycles. The Hall–Kier alpha value is -2.76. The van der Waals surface area contributed by atoms with Crippen molar-refractivity contribution in [3.8, 4) is 0 Å². The Balaban J connectivity index is 1.54. The van der Waals surface area contributed by atoms with E-state index in [-0.39, 0.29) is 11.8 Å². The second kappa shape index (κ2) is 6.56. The van der Waals surface area contributed by atoms with E-state index in [1.165, 1.54) is 17.9 Å². The maximum absolute atomic E-state index is 12.1. The zero-order valence-electron chi connectivity index (χ0n) is 13.0. The number of rotatable bonds is 2. The van der Waals surface area contributed by atoms with Crippen molar-refractivity contribution in [2.75, 3.05) is 31.1 Å². The van der Waals surface area contributed by atoms with E-state index >= 15 is 0 Å². The number of nitrogens with one attached hydrogen (secondary N) is 1. The quantitative estimate of drug-likeness (QED) is 0.923. The number of hydrogen-bond acceptors (Lipinski definition) is 4. The minimum absolute atomic E-state index is 0.136. The van der Waals surface area contributed by atoms with Crippen LogP contribution in [0.2, 0.25) is 0 Å². The molecule has 120 valence electrons. The molecule has 1 saturated heterocycles. The van der Waals surface area contributed by atoms with Crippen molar-refractivity contribution in [3.63, 3.8) is 0 Å². The van der Waals surface area contributed by atoms with Crippen LogP contribution < -0.4 is 10.2 Å². The van der Waals surface area contributed by atoms with Crippen molar-refractivity contribution in [2.24, 2.45) is 0 Å². The molecule has 2 heterocycles. The highest BCUT2D eigenvalue weighted by Crippen LogP contribution is 2.17. The largest absolute Gasteiger partial charge is 0.459 e. The lowest BCUT2D eigenvalue weighted by molar-refractivity contribution is 0.0923. The fraction of sp³-hybridized carbons (Fsp3) is 0.294. The Morgan fingerprint density at radius 3 is 2.52 bits per heavy atom. The first-order valence-electron chi connectivity index (χ1n) is 7.59. The number of nitrogens with zero attached hydrogens (tertiary/aromatic N) is 2. The van der Waals surface area contributed by atoms with Gasteiger partial charge in [0.15, 0.2) is 5.76 Å². The van der Waals surface area contributed by atoms with E-state index in [9.17, 15) is 9.59 Å². The highest BCUT2D eigenvalue weighted by Gasteiger charge is 2.23. The Kier molecular flexibility index (Phi) is 4.32. The summed E-state index contributed by atoms with van der Waals surface area (Å²) in [6, 6.07) is 11.1. The molecule has 1 aliphatic rings. The third-order valence-corrected chi connectivity index (χ3v) is 3.90. The van der Waals surface area contributed by atoms with Gasteiger partial charge < -0.3 is 14.2 Å². The van der Waals surface area contributed by atoms with E-state index in [2.05, 4.69) is 35.3 Å². The number of carbonyl (C=O) groups excluding carboxylic acids is 2. The first-order chi connectivity index (χ1) is 11.1. The number of carbonyl (C=O) groups is 2. The Morgan fingerprint density at radius 2 is 1.87 bits per heavy atom. The molecular weight excluding hydrogens is 294 g/mol. The van der Waals surface area contributed by atoms with Gasteiger partial charge in [0.25, 0.3) is 5.91 Å². The second-order valence-corrected chi connectivity index (χ2v) is 5.55. The molecule has 2 aromatic rings. The number of amides is 3. The highest BCUT2D eigenvalue weighted by atomic mass is 16.3. The number of piperazine rings is 1. The van der Waals surface area contributed by atoms with E-state index in [1.54, 1.807) is 11.0 Å². The Bertz CT molecular complexity index is 689. The normalized spacial score (nSPS) is 14.7. The molecule has 1 aliphatic heterocycles. The van der Waals surface area contributed by atoms with Gasteiger partial charge in [-0.05, 0) is 36.8 Å². The standard InChI is InChI=1S/C17H19N3O3/c1-13-4-2-5-14(12-13)19-7-9-20(10-8-19)17(22)18-16(21)15-6-3-11-23-15/h2-6,11-12H,7-10H2,1H3,(H,18,21,22). The fourth-order valence-electron chi connectivity index (χ4n) is 2.64. The number of hydrogen-bond donors (Lipinski definition) is 1. The van der Waals surface area contributed by atoms with Crippen molar-refractivity contribution in [2.45, 2.75) is 6.92 Å². The molecule has 0 unspecified atom stereocenters. The average Bonchev–Trinajstić information content (AvgIpc) is 3.09. The lowest BCUT2D eigenvalue weighted by atomic mass is 10.2. The van der Waals surface area contributed by atoms with Crippen LogP contribution in [-0.4, -0.2) is 43.0 Å². The van der Waals surface area contributed by atoms with Crippen LogP contribution in [0.4, 0.5) is 10.5 Å². The lowest BCUT2D eigenvalue weighted by Gasteiger charge is -2.36. The van der Waals surface area contributed by atoms with E-state index < -0.39 is 5.91 Å². The highest BCUT2D eigenvalue weighted by molar-refractivity contribution is 6.02. The fourth-order valence-corrected chi connectivity index (χ4v) is 2.64. The number of aryl methyl sites for hydroxylation is 1. The topological polar surface area (TPSA) is 65.8 Å². The van der Waals surface area contributed by atoms with Gasteiger partial charge in [0, 0.05) is 31.9 Å². The minimum atomic E-state index is -0.513. The second-order valence-electron chi connectivity index (χ2n) is 5.55. The summed E-state index contributed by atoms with van der Waals surface area (Å²) in [5.41, 5.74) is 2.38. The molecule has 1 fully saturated rings. The van der Waals surface area contributed by atoms with Gasteiger partial charge in [-0.2, -0.15) is 0 Å². The van der Waals surface area contributed by atoms with Crippen molar-refractivity contribution >= 4 is 17.6 Å². The predicted molar refractivity (Wildman–Crippen MR) is 86.5 cm³/mol. The Labute approximate surface area is 134 Å². The van der Waals surface area contributed by atoms with Crippen molar-refractivity contribution in [3.05, 3.63) is 54.0 Å². The van der Waals surface area contributed by atoms with Crippen LogP contribution in [0.15, 0.2) is 47.1 Å². The van der Waals surface area contributed by atoms with Gasteiger partial charge in [-0.1, -0.05) is 12.1 Å². The third-order valence-electron chi connectivity index (χ3n) is 3.90. The summed E-state index contributed by atoms with van der Waals surface area (Å²) in [6.07, 6.45) is 1.40.